The van der Waals surface area contributed by atoms with E-state index in [-0.39, 0.29) is 28.6 Å². The number of hydrogen-bond donors (Lipinski definition) is 1. The summed E-state index contributed by atoms with van der Waals surface area (Å²) in [6.07, 6.45) is 1.49. The molecule has 0 fully saturated rings. The van der Waals surface area contributed by atoms with Crippen molar-refractivity contribution in [1.82, 2.24) is 20.2 Å². The molecule has 0 saturated heterocycles. The number of aromatic nitrogens is 2. The Balaban J connectivity index is 2.77. The quantitative estimate of drug-likeness (QED) is 0.841. The SMILES string of the molecule is CCN(CC)CC(C)NC(=O)c1nc(C(C)C)ncc1Cl. The van der Waals surface area contributed by atoms with Crippen LogP contribution in [0.3, 0.4) is 0 Å². The predicted molar refractivity (Wildman–Crippen MR) is 85.8 cm³/mol. The van der Waals surface area contributed by atoms with Gasteiger partial charge in [-0.2, -0.15) is 0 Å². The Kier molecular flexibility index (Phi) is 7.05. The number of halogens is 1. The van der Waals surface area contributed by atoms with E-state index in [1.54, 1.807) is 0 Å². The summed E-state index contributed by atoms with van der Waals surface area (Å²) in [5, 5.41) is 3.23. The molecule has 1 aromatic rings. The van der Waals surface area contributed by atoms with Crippen molar-refractivity contribution < 1.29 is 4.79 Å². The van der Waals surface area contributed by atoms with E-state index in [0.717, 1.165) is 19.6 Å². The molecule has 118 valence electrons. The Hall–Kier alpha value is -1.20. The highest BCUT2D eigenvalue weighted by Crippen LogP contribution is 2.16. The fourth-order valence-electron chi connectivity index (χ4n) is 2.03. The molecular formula is C15H25ClN4O. The Morgan fingerprint density at radius 1 is 1.33 bits per heavy atom. The number of carbonyl (C=O) groups excluding carboxylic acids is 1. The summed E-state index contributed by atoms with van der Waals surface area (Å²) >= 11 is 6.04. The summed E-state index contributed by atoms with van der Waals surface area (Å²) in [4.78, 5) is 23.0. The smallest absolute Gasteiger partial charge is 0.271 e. The molecule has 0 bridgehead atoms. The van der Waals surface area contributed by atoms with E-state index in [1.807, 2.05) is 20.8 Å². The zero-order valence-electron chi connectivity index (χ0n) is 13.5. The molecule has 0 spiro atoms. The van der Waals surface area contributed by atoms with Crippen LogP contribution in [0.2, 0.25) is 5.02 Å². The van der Waals surface area contributed by atoms with Crippen LogP contribution in [-0.2, 0) is 0 Å². The van der Waals surface area contributed by atoms with Crippen LogP contribution in [0.15, 0.2) is 6.20 Å². The molecule has 1 rings (SSSR count). The molecule has 0 aliphatic carbocycles. The van der Waals surface area contributed by atoms with Crippen LogP contribution < -0.4 is 5.32 Å². The lowest BCUT2D eigenvalue weighted by Crippen LogP contribution is -2.42. The van der Waals surface area contributed by atoms with Crippen molar-refractivity contribution in [2.24, 2.45) is 0 Å². The summed E-state index contributed by atoms with van der Waals surface area (Å²) in [6.45, 7) is 12.9. The Morgan fingerprint density at radius 3 is 2.48 bits per heavy atom. The van der Waals surface area contributed by atoms with Gasteiger partial charge < -0.3 is 10.2 Å². The first-order valence-electron chi connectivity index (χ1n) is 7.44. The van der Waals surface area contributed by atoms with E-state index < -0.39 is 0 Å². The topological polar surface area (TPSA) is 58.1 Å². The largest absolute Gasteiger partial charge is 0.347 e. The number of hydrogen-bond acceptors (Lipinski definition) is 4. The van der Waals surface area contributed by atoms with Crippen molar-refractivity contribution in [2.45, 2.75) is 46.6 Å². The van der Waals surface area contributed by atoms with Crippen LogP contribution in [0.1, 0.15) is 56.8 Å². The standard InChI is InChI=1S/C15H25ClN4O/c1-6-20(7-2)9-11(5)18-15(21)13-12(16)8-17-14(19-13)10(3)4/h8,10-11H,6-7,9H2,1-5H3,(H,18,21). The summed E-state index contributed by atoms with van der Waals surface area (Å²) < 4.78 is 0. The molecule has 1 unspecified atom stereocenters. The van der Waals surface area contributed by atoms with Crippen LogP contribution in [0.4, 0.5) is 0 Å². The number of nitrogens with zero attached hydrogens (tertiary/aromatic N) is 3. The van der Waals surface area contributed by atoms with Crippen LogP contribution in [-0.4, -0.2) is 46.5 Å². The van der Waals surface area contributed by atoms with Gasteiger partial charge in [-0.05, 0) is 20.0 Å². The van der Waals surface area contributed by atoms with Crippen LogP contribution in [0.5, 0.6) is 0 Å². The van der Waals surface area contributed by atoms with Gasteiger partial charge in [0.2, 0.25) is 0 Å². The van der Waals surface area contributed by atoms with Crippen LogP contribution in [0, 0.1) is 0 Å². The van der Waals surface area contributed by atoms with E-state index in [0.29, 0.717) is 5.82 Å². The number of carbonyl (C=O) groups is 1. The lowest BCUT2D eigenvalue weighted by atomic mass is 10.2. The van der Waals surface area contributed by atoms with Crippen molar-refractivity contribution >= 4 is 17.5 Å². The van der Waals surface area contributed by atoms with Gasteiger partial charge in [-0.1, -0.05) is 39.3 Å². The van der Waals surface area contributed by atoms with E-state index in [9.17, 15) is 4.79 Å². The van der Waals surface area contributed by atoms with E-state index in [4.69, 9.17) is 11.6 Å². The fraction of sp³-hybridized carbons (Fsp3) is 0.667. The van der Waals surface area contributed by atoms with E-state index in [1.165, 1.54) is 6.20 Å². The molecule has 1 N–H and O–H groups in total. The summed E-state index contributed by atoms with van der Waals surface area (Å²) in [5.41, 5.74) is 0.252. The minimum absolute atomic E-state index is 0.0333. The van der Waals surface area contributed by atoms with Gasteiger partial charge in [0.1, 0.15) is 11.5 Å². The number of rotatable bonds is 7. The minimum Gasteiger partial charge on any atom is -0.347 e. The molecule has 1 aromatic heterocycles. The van der Waals surface area contributed by atoms with Gasteiger partial charge in [0.25, 0.3) is 5.91 Å². The van der Waals surface area contributed by atoms with Gasteiger partial charge in [0.05, 0.1) is 11.2 Å². The van der Waals surface area contributed by atoms with Gasteiger partial charge in [-0.25, -0.2) is 9.97 Å². The monoisotopic (exact) mass is 312 g/mol. The lowest BCUT2D eigenvalue weighted by molar-refractivity contribution is 0.0925. The highest BCUT2D eigenvalue weighted by molar-refractivity contribution is 6.33. The lowest BCUT2D eigenvalue weighted by Gasteiger charge is -2.23. The van der Waals surface area contributed by atoms with Gasteiger partial charge >= 0.3 is 0 Å². The second-order valence-electron chi connectivity index (χ2n) is 5.44. The first-order valence-corrected chi connectivity index (χ1v) is 7.82. The van der Waals surface area contributed by atoms with E-state index in [2.05, 4.69) is 34.0 Å². The maximum absolute atomic E-state index is 12.3. The molecule has 5 nitrogen and oxygen atoms in total. The third kappa shape index (κ3) is 5.25. The first-order chi connectivity index (χ1) is 9.88. The Morgan fingerprint density at radius 2 is 1.95 bits per heavy atom. The highest BCUT2D eigenvalue weighted by atomic mass is 35.5. The third-order valence-electron chi connectivity index (χ3n) is 3.30. The van der Waals surface area contributed by atoms with Crippen molar-refractivity contribution in [3.63, 3.8) is 0 Å². The fourth-order valence-corrected chi connectivity index (χ4v) is 2.20. The molecule has 0 saturated carbocycles. The molecule has 0 aliphatic rings. The van der Waals surface area contributed by atoms with Crippen molar-refractivity contribution in [2.75, 3.05) is 19.6 Å². The zero-order valence-corrected chi connectivity index (χ0v) is 14.2. The number of nitrogens with one attached hydrogen (secondary N) is 1. The molecule has 0 aromatic carbocycles. The Labute approximate surface area is 132 Å². The third-order valence-corrected chi connectivity index (χ3v) is 3.57. The van der Waals surface area contributed by atoms with Gasteiger partial charge in [-0.3, -0.25) is 4.79 Å². The van der Waals surface area contributed by atoms with Gasteiger partial charge in [0.15, 0.2) is 0 Å². The number of amides is 1. The normalized spacial score (nSPS) is 12.8. The Bertz CT molecular complexity index is 475. The highest BCUT2D eigenvalue weighted by Gasteiger charge is 2.18. The molecule has 1 atom stereocenters. The average Bonchev–Trinajstić information content (AvgIpc) is 2.44. The molecule has 1 heterocycles. The summed E-state index contributed by atoms with van der Waals surface area (Å²) in [6, 6.07) is 0.0333. The molecular weight excluding hydrogens is 288 g/mol. The second kappa shape index (κ2) is 8.29. The van der Waals surface area contributed by atoms with Gasteiger partial charge in [-0.15, -0.1) is 0 Å². The maximum Gasteiger partial charge on any atom is 0.271 e. The molecule has 21 heavy (non-hydrogen) atoms. The zero-order chi connectivity index (χ0) is 16.0. The van der Waals surface area contributed by atoms with Crippen molar-refractivity contribution in [1.29, 1.82) is 0 Å². The summed E-state index contributed by atoms with van der Waals surface area (Å²) in [7, 11) is 0. The molecule has 1 amide bonds. The van der Waals surface area contributed by atoms with Crippen LogP contribution >= 0.6 is 11.6 Å². The van der Waals surface area contributed by atoms with Gasteiger partial charge in [0, 0.05) is 18.5 Å². The molecule has 6 heteroatoms. The predicted octanol–water partition coefficient (Wildman–Crippen LogP) is 2.71. The average molecular weight is 313 g/mol. The maximum atomic E-state index is 12.3. The molecule has 0 aliphatic heterocycles. The number of likely N-dealkylation sites (N-methyl/N-ethyl adjacent to an activating group) is 1. The van der Waals surface area contributed by atoms with Crippen LogP contribution in [0.25, 0.3) is 0 Å². The summed E-state index contributed by atoms with van der Waals surface area (Å²) in [5.74, 6) is 0.534. The molecule has 0 radical (unpaired) electrons. The van der Waals surface area contributed by atoms with Crippen molar-refractivity contribution in [3.05, 3.63) is 22.7 Å². The second-order valence-corrected chi connectivity index (χ2v) is 5.85. The first kappa shape index (κ1) is 17.9. The minimum atomic E-state index is -0.246. The van der Waals surface area contributed by atoms with Crippen molar-refractivity contribution in [3.8, 4) is 0 Å². The van der Waals surface area contributed by atoms with E-state index >= 15 is 0 Å².